The highest BCUT2D eigenvalue weighted by Gasteiger charge is 2.23. The lowest BCUT2D eigenvalue weighted by molar-refractivity contribution is 0.350. The van der Waals surface area contributed by atoms with Crippen molar-refractivity contribution in [2.45, 2.75) is 52.5 Å². The minimum atomic E-state index is -0.0938. The summed E-state index contributed by atoms with van der Waals surface area (Å²) in [5, 5.41) is 1.01. The van der Waals surface area contributed by atoms with Crippen molar-refractivity contribution in [2.24, 2.45) is 5.92 Å². The molecule has 3 rings (SSSR count). The molecule has 0 radical (unpaired) electrons. The van der Waals surface area contributed by atoms with Gasteiger partial charge in [0.1, 0.15) is 5.82 Å². The highest BCUT2D eigenvalue weighted by atomic mass is 32.1. The van der Waals surface area contributed by atoms with Crippen molar-refractivity contribution in [3.05, 3.63) is 34.3 Å². The molecule has 1 saturated heterocycles. The minimum absolute atomic E-state index is 0.0529. The number of aryl methyl sites for hydroxylation is 1. The van der Waals surface area contributed by atoms with E-state index in [9.17, 15) is 4.79 Å². The molecule has 2 aromatic rings. The molecule has 0 saturated carbocycles. The summed E-state index contributed by atoms with van der Waals surface area (Å²) in [6.45, 7) is 10.8. The van der Waals surface area contributed by atoms with Gasteiger partial charge in [-0.2, -0.15) is 4.37 Å². The highest BCUT2D eigenvalue weighted by Crippen LogP contribution is 2.25. The second kappa shape index (κ2) is 6.63. The molecule has 0 spiro atoms. The van der Waals surface area contributed by atoms with E-state index in [1.54, 1.807) is 17.0 Å². The van der Waals surface area contributed by atoms with E-state index in [1.807, 2.05) is 6.92 Å². The van der Waals surface area contributed by atoms with E-state index in [-0.39, 0.29) is 11.0 Å². The Morgan fingerprint density at radius 1 is 1.29 bits per heavy atom. The molecule has 6 nitrogen and oxygen atoms in total. The van der Waals surface area contributed by atoms with Gasteiger partial charge in [-0.1, -0.05) is 20.8 Å². The van der Waals surface area contributed by atoms with E-state index >= 15 is 0 Å². The maximum absolute atomic E-state index is 12.3. The van der Waals surface area contributed by atoms with E-state index < -0.39 is 0 Å². The normalized spacial score (nSPS) is 16.6. The summed E-state index contributed by atoms with van der Waals surface area (Å²) < 4.78 is 6.01. The van der Waals surface area contributed by atoms with Crippen LogP contribution in [0, 0.1) is 12.8 Å². The lowest BCUT2D eigenvalue weighted by Crippen LogP contribution is -2.36. The lowest BCUT2D eigenvalue weighted by Gasteiger charge is -2.31. The summed E-state index contributed by atoms with van der Waals surface area (Å²) in [6.07, 6.45) is 3.83. The predicted molar refractivity (Wildman–Crippen MR) is 96.8 cm³/mol. The molecule has 1 aliphatic rings. The topological polar surface area (TPSA) is 63.9 Å². The summed E-state index contributed by atoms with van der Waals surface area (Å²) in [7, 11) is 0. The van der Waals surface area contributed by atoms with Gasteiger partial charge in [0.15, 0.2) is 0 Å². The van der Waals surface area contributed by atoms with Crippen molar-refractivity contribution in [2.75, 3.05) is 18.0 Å². The molecule has 1 fully saturated rings. The average Bonchev–Trinajstić information content (AvgIpc) is 2.95. The maximum atomic E-state index is 12.3. The summed E-state index contributed by atoms with van der Waals surface area (Å²) in [5.41, 5.74) is 0.811. The van der Waals surface area contributed by atoms with Crippen molar-refractivity contribution in [3.8, 4) is 0 Å². The molecule has 2 aromatic heterocycles. The second-order valence-corrected chi connectivity index (χ2v) is 8.30. The van der Waals surface area contributed by atoms with Crippen LogP contribution in [0.25, 0.3) is 0 Å². The van der Waals surface area contributed by atoms with E-state index in [0.29, 0.717) is 5.92 Å². The first-order chi connectivity index (χ1) is 11.3. The Hall–Kier alpha value is -1.76. The molecule has 130 valence electrons. The Kier molecular flexibility index (Phi) is 4.71. The molecule has 0 aliphatic carbocycles. The van der Waals surface area contributed by atoms with Gasteiger partial charge in [0.2, 0.25) is 5.13 Å². The van der Waals surface area contributed by atoms with Gasteiger partial charge in [-0.05, 0) is 25.7 Å². The molecular weight excluding hydrogens is 322 g/mol. The van der Waals surface area contributed by atoms with Crippen LogP contribution in [0.1, 0.15) is 45.1 Å². The Morgan fingerprint density at radius 3 is 2.54 bits per heavy atom. The van der Waals surface area contributed by atoms with Gasteiger partial charge in [0.25, 0.3) is 5.56 Å². The minimum Gasteiger partial charge on any atom is -0.347 e. The number of hydrogen-bond acceptors (Lipinski definition) is 6. The fourth-order valence-electron chi connectivity index (χ4n) is 2.97. The number of hydrogen-bond donors (Lipinski definition) is 0. The van der Waals surface area contributed by atoms with Crippen LogP contribution < -0.4 is 10.5 Å². The molecule has 0 amide bonds. The van der Waals surface area contributed by atoms with Gasteiger partial charge in [-0.15, -0.1) is 0 Å². The summed E-state index contributed by atoms with van der Waals surface area (Å²) >= 11 is 1.47. The van der Waals surface area contributed by atoms with Crippen LogP contribution >= 0.6 is 11.5 Å². The Morgan fingerprint density at radius 2 is 2.00 bits per heavy atom. The van der Waals surface area contributed by atoms with Crippen LogP contribution in [0.3, 0.4) is 0 Å². The molecule has 7 heteroatoms. The van der Waals surface area contributed by atoms with E-state index in [0.717, 1.165) is 49.1 Å². The standard InChI is InChI=1S/C17H25N5OS/c1-12-19-16(24-20-12)21-7-5-13(6-8-21)10-22-11-18-14(9-15(22)23)17(2,3)4/h9,11,13H,5-8,10H2,1-4H3. The largest absolute Gasteiger partial charge is 0.347 e. The zero-order chi connectivity index (χ0) is 17.3. The smallest absolute Gasteiger partial charge is 0.253 e. The fourth-order valence-corrected chi connectivity index (χ4v) is 3.70. The first-order valence-corrected chi connectivity index (χ1v) is 9.22. The van der Waals surface area contributed by atoms with E-state index in [1.165, 1.54) is 11.5 Å². The molecule has 1 aliphatic heterocycles. The predicted octanol–water partition coefficient (Wildman–Crippen LogP) is 2.62. The molecule has 24 heavy (non-hydrogen) atoms. The first-order valence-electron chi connectivity index (χ1n) is 8.45. The quantitative estimate of drug-likeness (QED) is 0.854. The van der Waals surface area contributed by atoms with Gasteiger partial charge >= 0.3 is 0 Å². The summed E-state index contributed by atoms with van der Waals surface area (Å²) in [4.78, 5) is 23.6. The Bertz CT molecular complexity index is 753. The van der Waals surface area contributed by atoms with E-state index in [4.69, 9.17) is 0 Å². The lowest BCUT2D eigenvalue weighted by atomic mass is 9.92. The molecule has 0 N–H and O–H groups in total. The third-order valence-electron chi connectivity index (χ3n) is 4.50. The van der Waals surface area contributed by atoms with Crippen LogP contribution in [0.4, 0.5) is 5.13 Å². The Labute approximate surface area is 146 Å². The fraction of sp³-hybridized carbons (Fsp3) is 0.647. The maximum Gasteiger partial charge on any atom is 0.253 e. The zero-order valence-electron chi connectivity index (χ0n) is 14.8. The van der Waals surface area contributed by atoms with Crippen molar-refractivity contribution in [1.82, 2.24) is 18.9 Å². The van der Waals surface area contributed by atoms with Crippen molar-refractivity contribution >= 4 is 16.7 Å². The van der Waals surface area contributed by atoms with Crippen LogP contribution in [-0.4, -0.2) is 32.0 Å². The summed E-state index contributed by atoms with van der Waals surface area (Å²) in [6, 6.07) is 1.68. The molecule has 3 heterocycles. The molecule has 0 atom stereocenters. The molecular formula is C17H25N5OS. The summed E-state index contributed by atoms with van der Waals surface area (Å²) in [5.74, 6) is 1.35. The molecule has 0 unspecified atom stereocenters. The average molecular weight is 347 g/mol. The Balaban J connectivity index is 1.61. The number of aromatic nitrogens is 4. The second-order valence-electron chi connectivity index (χ2n) is 7.57. The monoisotopic (exact) mass is 347 g/mol. The highest BCUT2D eigenvalue weighted by molar-refractivity contribution is 7.09. The third kappa shape index (κ3) is 3.83. The number of rotatable bonds is 3. The zero-order valence-corrected chi connectivity index (χ0v) is 15.6. The molecule has 0 bridgehead atoms. The van der Waals surface area contributed by atoms with Gasteiger partial charge in [0.05, 0.1) is 12.0 Å². The number of anilines is 1. The number of nitrogens with zero attached hydrogens (tertiary/aromatic N) is 5. The van der Waals surface area contributed by atoms with Crippen molar-refractivity contribution < 1.29 is 0 Å². The SMILES string of the molecule is Cc1nsc(N2CCC(Cn3cnc(C(C)(C)C)cc3=O)CC2)n1. The van der Waals surface area contributed by atoms with Gasteiger partial charge in [-0.25, -0.2) is 9.97 Å². The van der Waals surface area contributed by atoms with Gasteiger partial charge in [-0.3, -0.25) is 9.36 Å². The van der Waals surface area contributed by atoms with Crippen LogP contribution in [0.2, 0.25) is 0 Å². The van der Waals surface area contributed by atoms with Crippen LogP contribution in [-0.2, 0) is 12.0 Å². The first kappa shape index (κ1) is 17.1. The molecule has 0 aromatic carbocycles. The van der Waals surface area contributed by atoms with Gasteiger partial charge < -0.3 is 4.90 Å². The van der Waals surface area contributed by atoms with Crippen LogP contribution in [0.15, 0.2) is 17.2 Å². The van der Waals surface area contributed by atoms with E-state index in [2.05, 4.69) is 40.0 Å². The van der Waals surface area contributed by atoms with Crippen molar-refractivity contribution in [1.29, 1.82) is 0 Å². The van der Waals surface area contributed by atoms with Gasteiger partial charge in [0, 0.05) is 42.6 Å². The van der Waals surface area contributed by atoms with Crippen LogP contribution in [0.5, 0.6) is 0 Å². The third-order valence-corrected chi connectivity index (χ3v) is 5.37. The number of piperidine rings is 1. The van der Waals surface area contributed by atoms with Crippen molar-refractivity contribution in [3.63, 3.8) is 0 Å².